The number of likely N-dealkylation sites (N-methyl/N-ethyl adjacent to an activating group) is 1. The summed E-state index contributed by atoms with van der Waals surface area (Å²) in [6.45, 7) is 4.97. The van der Waals surface area contributed by atoms with Gasteiger partial charge in [0, 0.05) is 19.0 Å². The van der Waals surface area contributed by atoms with E-state index in [1.165, 1.54) is 24.2 Å². The fraction of sp³-hybridized carbons (Fsp3) is 0.714. The van der Waals surface area contributed by atoms with Gasteiger partial charge in [-0.15, -0.1) is 11.3 Å². The molecule has 3 fully saturated rings. The molecule has 1 aromatic heterocycles. The van der Waals surface area contributed by atoms with Crippen molar-refractivity contribution in [2.24, 2.45) is 5.92 Å². The number of imide groups is 1. The summed E-state index contributed by atoms with van der Waals surface area (Å²) >= 11 is 1.38. The van der Waals surface area contributed by atoms with Gasteiger partial charge in [-0.3, -0.25) is 19.4 Å². The predicted octanol–water partition coefficient (Wildman–Crippen LogP) is 2.91. The molecule has 4 rings (SSSR count). The molecule has 2 saturated heterocycles. The van der Waals surface area contributed by atoms with E-state index in [4.69, 9.17) is 0 Å². The number of nitrogens with one attached hydrogen (secondary N) is 1. The zero-order valence-corrected chi connectivity index (χ0v) is 18.7. The first-order valence-corrected chi connectivity index (χ1v) is 11.8. The summed E-state index contributed by atoms with van der Waals surface area (Å²) in [5, 5.41) is 5.24. The highest BCUT2D eigenvalue weighted by Gasteiger charge is 2.55. The lowest BCUT2D eigenvalue weighted by atomic mass is 9.81. The molecule has 3 aliphatic rings. The van der Waals surface area contributed by atoms with Crippen LogP contribution in [0.15, 0.2) is 5.38 Å². The van der Waals surface area contributed by atoms with Gasteiger partial charge in [-0.1, -0.05) is 26.2 Å². The van der Waals surface area contributed by atoms with E-state index in [2.05, 4.69) is 22.1 Å². The molecule has 1 saturated carbocycles. The predicted molar refractivity (Wildman–Crippen MR) is 115 cm³/mol. The SMILES string of the molecule is CC1CCN(Cc2csc(NC(=O)CN3C(=O)N(C)C4(CCCCC4)C3=O)n2)CC1. The Labute approximate surface area is 181 Å². The minimum atomic E-state index is -0.754. The molecule has 1 aliphatic carbocycles. The zero-order valence-electron chi connectivity index (χ0n) is 17.9. The number of carbonyl (C=O) groups is 3. The van der Waals surface area contributed by atoms with E-state index in [1.54, 1.807) is 11.9 Å². The van der Waals surface area contributed by atoms with Crippen LogP contribution < -0.4 is 5.32 Å². The Hall–Kier alpha value is -2.00. The van der Waals surface area contributed by atoms with E-state index >= 15 is 0 Å². The molecule has 0 bridgehead atoms. The molecule has 1 spiro atoms. The fourth-order valence-corrected chi connectivity index (χ4v) is 5.58. The van der Waals surface area contributed by atoms with Crippen LogP contribution in [0.3, 0.4) is 0 Å². The molecule has 0 atom stereocenters. The maximum absolute atomic E-state index is 13.0. The molecule has 8 nitrogen and oxygen atoms in total. The Bertz CT molecular complexity index is 811. The lowest BCUT2D eigenvalue weighted by Gasteiger charge is -2.35. The highest BCUT2D eigenvalue weighted by molar-refractivity contribution is 7.13. The number of hydrogen-bond acceptors (Lipinski definition) is 6. The van der Waals surface area contributed by atoms with Crippen LogP contribution in [-0.4, -0.2) is 69.8 Å². The summed E-state index contributed by atoms with van der Waals surface area (Å²) < 4.78 is 0. The molecule has 0 aromatic carbocycles. The number of likely N-dealkylation sites (tertiary alicyclic amines) is 1. The number of aromatic nitrogens is 1. The van der Waals surface area contributed by atoms with Crippen molar-refractivity contribution >= 4 is 34.3 Å². The number of carbonyl (C=O) groups excluding carboxylic acids is 3. The van der Waals surface area contributed by atoms with Gasteiger partial charge in [0.1, 0.15) is 12.1 Å². The maximum Gasteiger partial charge on any atom is 0.327 e. The number of hydrogen-bond donors (Lipinski definition) is 1. The van der Waals surface area contributed by atoms with Crippen molar-refractivity contribution in [3.05, 3.63) is 11.1 Å². The zero-order chi connectivity index (χ0) is 21.3. The van der Waals surface area contributed by atoms with Crippen LogP contribution in [0, 0.1) is 5.92 Å². The van der Waals surface area contributed by atoms with Crippen LogP contribution in [0.1, 0.15) is 57.6 Å². The molecular formula is C21H31N5O3S. The summed E-state index contributed by atoms with van der Waals surface area (Å²) in [5.41, 5.74) is 0.190. The average molecular weight is 434 g/mol. The summed E-state index contributed by atoms with van der Waals surface area (Å²) in [4.78, 5) is 47.8. The molecule has 164 valence electrons. The third kappa shape index (κ3) is 4.09. The number of piperidine rings is 1. The lowest BCUT2D eigenvalue weighted by molar-refractivity contribution is -0.136. The summed E-state index contributed by atoms with van der Waals surface area (Å²) in [5.74, 6) is 0.170. The van der Waals surface area contributed by atoms with Gasteiger partial charge in [-0.2, -0.15) is 0 Å². The third-order valence-corrected chi connectivity index (χ3v) is 7.65. The molecule has 3 heterocycles. The number of amides is 4. The molecule has 9 heteroatoms. The number of urea groups is 1. The van der Waals surface area contributed by atoms with E-state index in [-0.39, 0.29) is 24.4 Å². The Morgan fingerprint density at radius 2 is 1.93 bits per heavy atom. The van der Waals surface area contributed by atoms with Gasteiger partial charge in [-0.25, -0.2) is 9.78 Å². The monoisotopic (exact) mass is 433 g/mol. The highest BCUT2D eigenvalue weighted by atomic mass is 32.1. The first kappa shape index (κ1) is 21.2. The van der Waals surface area contributed by atoms with Crippen molar-refractivity contribution < 1.29 is 14.4 Å². The summed E-state index contributed by atoms with van der Waals surface area (Å²) in [6, 6.07) is -0.379. The first-order valence-electron chi connectivity index (χ1n) is 11.0. The van der Waals surface area contributed by atoms with Gasteiger partial charge in [0.2, 0.25) is 5.91 Å². The fourth-order valence-electron chi connectivity index (χ4n) is 4.86. The van der Waals surface area contributed by atoms with Crippen LogP contribution in [0.4, 0.5) is 9.93 Å². The Morgan fingerprint density at radius 3 is 2.63 bits per heavy atom. The molecule has 0 radical (unpaired) electrons. The van der Waals surface area contributed by atoms with Crippen molar-refractivity contribution in [3.8, 4) is 0 Å². The number of rotatable bonds is 5. The van der Waals surface area contributed by atoms with Crippen LogP contribution in [0.5, 0.6) is 0 Å². The van der Waals surface area contributed by atoms with E-state index < -0.39 is 5.54 Å². The Kier molecular flexibility index (Phi) is 6.11. The van der Waals surface area contributed by atoms with Crippen molar-refractivity contribution in [2.75, 3.05) is 32.0 Å². The van der Waals surface area contributed by atoms with Gasteiger partial charge in [0.05, 0.1) is 5.69 Å². The van der Waals surface area contributed by atoms with Gasteiger partial charge in [0.15, 0.2) is 5.13 Å². The molecular weight excluding hydrogens is 402 g/mol. The second-order valence-corrected chi connectivity index (χ2v) is 9.83. The van der Waals surface area contributed by atoms with Crippen LogP contribution in [0.2, 0.25) is 0 Å². The maximum atomic E-state index is 13.0. The summed E-state index contributed by atoms with van der Waals surface area (Å²) in [6.07, 6.45) is 6.72. The van der Waals surface area contributed by atoms with Gasteiger partial charge < -0.3 is 10.2 Å². The van der Waals surface area contributed by atoms with Crippen LogP contribution in [-0.2, 0) is 16.1 Å². The minimum absolute atomic E-state index is 0.232. The third-order valence-electron chi connectivity index (χ3n) is 6.85. The van der Waals surface area contributed by atoms with Crippen molar-refractivity contribution in [2.45, 2.75) is 64.0 Å². The first-order chi connectivity index (χ1) is 14.4. The van der Waals surface area contributed by atoms with E-state index in [0.29, 0.717) is 18.0 Å². The average Bonchev–Trinajstić information content (AvgIpc) is 3.24. The second-order valence-electron chi connectivity index (χ2n) is 8.98. The van der Waals surface area contributed by atoms with E-state index in [1.807, 2.05) is 5.38 Å². The molecule has 0 unspecified atom stereocenters. The Morgan fingerprint density at radius 1 is 1.23 bits per heavy atom. The molecule has 4 amide bonds. The molecule has 2 aliphatic heterocycles. The number of nitrogens with zero attached hydrogens (tertiary/aromatic N) is 4. The van der Waals surface area contributed by atoms with Gasteiger partial charge in [0.25, 0.3) is 5.91 Å². The second kappa shape index (κ2) is 8.63. The van der Waals surface area contributed by atoms with Crippen LogP contribution >= 0.6 is 11.3 Å². The summed E-state index contributed by atoms with van der Waals surface area (Å²) in [7, 11) is 1.68. The van der Waals surface area contributed by atoms with Crippen LogP contribution in [0.25, 0.3) is 0 Å². The van der Waals surface area contributed by atoms with Crippen molar-refractivity contribution in [3.63, 3.8) is 0 Å². The van der Waals surface area contributed by atoms with E-state index in [9.17, 15) is 14.4 Å². The largest absolute Gasteiger partial charge is 0.327 e. The molecule has 30 heavy (non-hydrogen) atoms. The molecule has 1 N–H and O–H groups in total. The Balaban J connectivity index is 1.33. The van der Waals surface area contributed by atoms with Gasteiger partial charge in [-0.05, 0) is 44.7 Å². The molecule has 1 aromatic rings. The highest BCUT2D eigenvalue weighted by Crippen LogP contribution is 2.39. The standard InChI is InChI=1S/C21H31N5O3S/c1-15-6-10-25(11-7-15)12-16-14-30-19(22-16)23-17(27)13-26-18(28)21(24(2)20(26)29)8-4-3-5-9-21/h14-15H,3-13H2,1-2H3,(H,22,23,27). The van der Waals surface area contributed by atoms with E-state index in [0.717, 1.165) is 55.4 Å². The van der Waals surface area contributed by atoms with Gasteiger partial charge >= 0.3 is 6.03 Å². The smallest absolute Gasteiger partial charge is 0.313 e. The number of anilines is 1. The number of thiazole rings is 1. The lowest BCUT2D eigenvalue weighted by Crippen LogP contribution is -2.49. The quantitative estimate of drug-likeness (QED) is 0.722. The van der Waals surface area contributed by atoms with Crippen molar-refractivity contribution in [1.29, 1.82) is 0 Å². The minimum Gasteiger partial charge on any atom is -0.313 e. The topological polar surface area (TPSA) is 85.9 Å². The van der Waals surface area contributed by atoms with Crippen molar-refractivity contribution in [1.82, 2.24) is 19.7 Å². The normalized spacial score (nSPS) is 22.9.